The molecule has 0 unspecified atom stereocenters. The molecule has 1 aromatic carbocycles. The topological polar surface area (TPSA) is 47.3 Å². The Labute approximate surface area is 107 Å². The van der Waals surface area contributed by atoms with Gasteiger partial charge in [0.15, 0.2) is 0 Å². The number of aliphatic hydroxyl groups is 1. The normalized spacial score (nSPS) is 10.6. The zero-order valence-corrected chi connectivity index (χ0v) is 10.8. The summed E-state index contributed by atoms with van der Waals surface area (Å²) in [5, 5.41) is 13.2. The summed E-state index contributed by atoms with van der Waals surface area (Å²) in [5.41, 5.74) is 3.03. The van der Waals surface area contributed by atoms with Gasteiger partial charge in [-0.3, -0.25) is 4.68 Å². The molecule has 0 bridgehead atoms. The first-order valence-electron chi connectivity index (χ1n) is 6.02. The van der Waals surface area contributed by atoms with E-state index in [0.717, 1.165) is 29.0 Å². The lowest BCUT2D eigenvalue weighted by atomic mass is 10.1. The molecule has 1 aromatic heterocycles. The van der Waals surface area contributed by atoms with Crippen molar-refractivity contribution in [1.29, 1.82) is 0 Å². The highest BCUT2D eigenvalue weighted by atomic mass is 16.5. The first kappa shape index (κ1) is 12.6. The predicted octanol–water partition coefficient (Wildman–Crippen LogP) is 2.07. The molecule has 1 N–H and O–H groups in total. The number of hydrogen-bond donors (Lipinski definition) is 1. The summed E-state index contributed by atoms with van der Waals surface area (Å²) in [5.74, 6) is 0.902. The van der Waals surface area contributed by atoms with Crippen LogP contribution in [0.3, 0.4) is 0 Å². The molecular weight excluding hydrogens is 228 g/mol. The molecule has 0 aliphatic rings. The van der Waals surface area contributed by atoms with Crippen LogP contribution in [0.1, 0.15) is 16.7 Å². The Kier molecular flexibility index (Phi) is 3.99. The van der Waals surface area contributed by atoms with E-state index in [1.54, 1.807) is 6.20 Å². The molecule has 0 aliphatic carbocycles. The lowest BCUT2D eigenvalue weighted by Crippen LogP contribution is -2.09. The van der Waals surface area contributed by atoms with Crippen LogP contribution in [-0.4, -0.2) is 21.5 Å². The van der Waals surface area contributed by atoms with Crippen molar-refractivity contribution in [3.8, 4) is 5.75 Å². The molecule has 4 nitrogen and oxygen atoms in total. The van der Waals surface area contributed by atoms with Gasteiger partial charge in [-0.25, -0.2) is 0 Å². The van der Waals surface area contributed by atoms with Gasteiger partial charge in [-0.05, 0) is 36.6 Å². The molecule has 2 rings (SSSR count). The van der Waals surface area contributed by atoms with Gasteiger partial charge in [-0.15, -0.1) is 0 Å². The highest BCUT2D eigenvalue weighted by Gasteiger charge is 2.06. The van der Waals surface area contributed by atoms with Crippen molar-refractivity contribution in [2.75, 3.05) is 6.61 Å². The minimum Gasteiger partial charge on any atom is -0.491 e. The molecule has 4 heteroatoms. The first-order valence-corrected chi connectivity index (χ1v) is 6.02. The minimum absolute atomic E-state index is 0.0647. The average molecular weight is 246 g/mol. The van der Waals surface area contributed by atoms with Crippen LogP contribution in [-0.2, 0) is 13.2 Å². The van der Waals surface area contributed by atoms with Crippen LogP contribution in [0.5, 0.6) is 5.75 Å². The highest BCUT2D eigenvalue weighted by Crippen LogP contribution is 2.24. The molecular formula is C14H18N2O2. The van der Waals surface area contributed by atoms with E-state index in [0.29, 0.717) is 6.61 Å². The molecule has 18 heavy (non-hydrogen) atoms. The summed E-state index contributed by atoms with van der Waals surface area (Å²) >= 11 is 0. The second kappa shape index (κ2) is 5.69. The summed E-state index contributed by atoms with van der Waals surface area (Å²) in [6, 6.07) is 5.80. The van der Waals surface area contributed by atoms with Crippen molar-refractivity contribution in [3.63, 3.8) is 0 Å². The Hall–Kier alpha value is -1.81. The second-order valence-electron chi connectivity index (χ2n) is 4.33. The highest BCUT2D eigenvalue weighted by molar-refractivity contribution is 5.43. The van der Waals surface area contributed by atoms with Gasteiger partial charge in [0.1, 0.15) is 12.4 Å². The molecule has 0 atom stereocenters. The van der Waals surface area contributed by atoms with Crippen molar-refractivity contribution in [1.82, 2.24) is 9.78 Å². The van der Waals surface area contributed by atoms with E-state index in [1.807, 2.05) is 42.9 Å². The standard InChI is InChI=1S/C14H18N2O2/c1-11-8-13(10-17)9-12(2)14(11)18-7-6-16-5-3-4-15-16/h3-5,8-9,17H,6-7,10H2,1-2H3. The van der Waals surface area contributed by atoms with Gasteiger partial charge in [-0.1, -0.05) is 12.1 Å². The summed E-state index contributed by atoms with van der Waals surface area (Å²) in [4.78, 5) is 0. The lowest BCUT2D eigenvalue weighted by Gasteiger charge is -2.13. The molecule has 0 saturated carbocycles. The smallest absolute Gasteiger partial charge is 0.125 e. The summed E-state index contributed by atoms with van der Waals surface area (Å²) < 4.78 is 7.64. The van der Waals surface area contributed by atoms with Crippen LogP contribution in [0, 0.1) is 13.8 Å². The third-order valence-electron chi connectivity index (χ3n) is 2.83. The van der Waals surface area contributed by atoms with Crippen molar-refractivity contribution in [2.24, 2.45) is 0 Å². The number of nitrogens with zero attached hydrogens (tertiary/aromatic N) is 2. The number of hydrogen-bond acceptors (Lipinski definition) is 3. The Balaban J connectivity index is 2.01. The van der Waals surface area contributed by atoms with E-state index in [-0.39, 0.29) is 6.61 Å². The van der Waals surface area contributed by atoms with Gasteiger partial charge in [0.25, 0.3) is 0 Å². The summed E-state index contributed by atoms with van der Waals surface area (Å²) in [6.45, 7) is 5.37. The van der Waals surface area contributed by atoms with Gasteiger partial charge in [0.05, 0.1) is 13.2 Å². The fourth-order valence-electron chi connectivity index (χ4n) is 2.03. The maximum absolute atomic E-state index is 9.13. The first-order chi connectivity index (χ1) is 8.70. The van der Waals surface area contributed by atoms with Crippen molar-refractivity contribution >= 4 is 0 Å². The van der Waals surface area contributed by atoms with E-state index >= 15 is 0 Å². The third kappa shape index (κ3) is 2.90. The zero-order valence-electron chi connectivity index (χ0n) is 10.8. The predicted molar refractivity (Wildman–Crippen MR) is 69.6 cm³/mol. The number of aliphatic hydroxyl groups excluding tert-OH is 1. The Morgan fingerprint density at radius 3 is 2.56 bits per heavy atom. The second-order valence-corrected chi connectivity index (χ2v) is 4.33. The summed E-state index contributed by atoms with van der Waals surface area (Å²) in [7, 11) is 0. The van der Waals surface area contributed by atoms with E-state index in [1.165, 1.54) is 0 Å². The van der Waals surface area contributed by atoms with E-state index in [2.05, 4.69) is 5.10 Å². The monoisotopic (exact) mass is 246 g/mol. The quantitative estimate of drug-likeness (QED) is 0.878. The molecule has 0 aliphatic heterocycles. The van der Waals surface area contributed by atoms with Gasteiger partial charge >= 0.3 is 0 Å². The van der Waals surface area contributed by atoms with Crippen LogP contribution in [0.2, 0.25) is 0 Å². The van der Waals surface area contributed by atoms with Gasteiger partial charge < -0.3 is 9.84 Å². The number of rotatable bonds is 5. The van der Waals surface area contributed by atoms with Crippen molar-refractivity contribution in [2.45, 2.75) is 27.0 Å². The van der Waals surface area contributed by atoms with Crippen LogP contribution < -0.4 is 4.74 Å². The SMILES string of the molecule is Cc1cc(CO)cc(C)c1OCCn1cccn1. The molecule has 0 radical (unpaired) electrons. The van der Waals surface area contributed by atoms with Crippen LogP contribution in [0.15, 0.2) is 30.6 Å². The van der Waals surface area contributed by atoms with Gasteiger partial charge in [0, 0.05) is 12.4 Å². The van der Waals surface area contributed by atoms with Gasteiger partial charge in [-0.2, -0.15) is 5.10 Å². The van der Waals surface area contributed by atoms with Crippen molar-refractivity contribution < 1.29 is 9.84 Å². The Morgan fingerprint density at radius 1 is 1.28 bits per heavy atom. The van der Waals surface area contributed by atoms with Crippen LogP contribution >= 0.6 is 0 Å². The Bertz CT molecular complexity index is 484. The summed E-state index contributed by atoms with van der Waals surface area (Å²) in [6.07, 6.45) is 3.67. The number of benzene rings is 1. The van der Waals surface area contributed by atoms with Crippen LogP contribution in [0.25, 0.3) is 0 Å². The number of aryl methyl sites for hydroxylation is 2. The van der Waals surface area contributed by atoms with E-state index < -0.39 is 0 Å². The molecule has 96 valence electrons. The fraction of sp³-hybridized carbons (Fsp3) is 0.357. The molecule has 0 saturated heterocycles. The van der Waals surface area contributed by atoms with Crippen LogP contribution in [0.4, 0.5) is 0 Å². The molecule has 0 amide bonds. The maximum Gasteiger partial charge on any atom is 0.125 e. The molecule has 2 aromatic rings. The Morgan fingerprint density at radius 2 is 2.00 bits per heavy atom. The lowest BCUT2D eigenvalue weighted by molar-refractivity contribution is 0.278. The minimum atomic E-state index is 0.0647. The largest absolute Gasteiger partial charge is 0.491 e. The average Bonchev–Trinajstić information content (AvgIpc) is 2.85. The maximum atomic E-state index is 9.13. The van der Waals surface area contributed by atoms with Crippen molar-refractivity contribution in [3.05, 3.63) is 47.3 Å². The zero-order chi connectivity index (χ0) is 13.0. The fourth-order valence-corrected chi connectivity index (χ4v) is 2.03. The van der Waals surface area contributed by atoms with E-state index in [4.69, 9.17) is 9.84 Å². The number of ether oxygens (including phenoxy) is 1. The van der Waals surface area contributed by atoms with Gasteiger partial charge in [0.2, 0.25) is 0 Å². The molecule has 0 fully saturated rings. The molecule has 1 heterocycles. The molecule has 0 spiro atoms. The van der Waals surface area contributed by atoms with E-state index in [9.17, 15) is 0 Å². The number of aromatic nitrogens is 2. The third-order valence-corrected chi connectivity index (χ3v) is 2.83.